The molecule has 1 unspecified atom stereocenters. The molecule has 0 saturated carbocycles. The summed E-state index contributed by atoms with van der Waals surface area (Å²) in [5.41, 5.74) is 1.26. The van der Waals surface area contributed by atoms with Crippen LogP contribution >= 0.6 is 15.8 Å². The van der Waals surface area contributed by atoms with Gasteiger partial charge in [-0.1, -0.05) is 19.3 Å². The molecule has 1 nitrogen and oxygen atoms in total. The molecule has 2 rings (SSSR count). The molecule has 0 aromatic heterocycles. The predicted molar refractivity (Wildman–Crippen MR) is 95.3 cm³/mol. The van der Waals surface area contributed by atoms with Crippen molar-refractivity contribution in [2.45, 2.75) is 25.3 Å². The van der Waals surface area contributed by atoms with Gasteiger partial charge in [0.15, 0.2) is 5.90 Å². The van der Waals surface area contributed by atoms with Crippen molar-refractivity contribution in [2.24, 2.45) is 0 Å². The van der Waals surface area contributed by atoms with E-state index in [4.69, 9.17) is 0 Å². The summed E-state index contributed by atoms with van der Waals surface area (Å²) >= 11 is 0. The Kier molecular flexibility index (Phi) is 12.7. The quantitative estimate of drug-likeness (QED) is 0.420. The van der Waals surface area contributed by atoms with Crippen molar-refractivity contribution in [3.05, 3.63) is 41.2 Å². The van der Waals surface area contributed by atoms with E-state index in [1.165, 1.54) is 24.8 Å². The van der Waals surface area contributed by atoms with Crippen LogP contribution in [0.5, 0.6) is 0 Å². The molecule has 0 spiro atoms. The smallest absolute Gasteiger partial charge is 0.154 e. The Hall–Kier alpha value is 0.689. The fourth-order valence-corrected chi connectivity index (χ4v) is 8.02. The van der Waals surface area contributed by atoms with Gasteiger partial charge in [-0.05, 0) is 0 Å². The Labute approximate surface area is 141 Å². The molecule has 0 N–H and O–H groups in total. The van der Waals surface area contributed by atoms with Crippen molar-refractivity contribution in [1.82, 2.24) is 0 Å². The standard InChI is InChI=1S/C11H13N.C5H14P2.Ir/c1-2-6-10(7-3-1)11-8-4-5-9-12-11;1-6(2)5-7(3)4;/h1-3,6,11H,4-5,8-9H2;5H2,1-4H3;/q-2;;/p+2. The van der Waals surface area contributed by atoms with E-state index in [-0.39, 0.29) is 35.9 Å². The maximum atomic E-state index is 4.57. The van der Waals surface area contributed by atoms with Crippen LogP contribution < -0.4 is 0 Å². The van der Waals surface area contributed by atoms with Crippen LogP contribution in [0.1, 0.15) is 30.9 Å². The van der Waals surface area contributed by atoms with E-state index in [1.807, 2.05) is 12.1 Å². The first kappa shape index (κ1) is 20.7. The zero-order valence-electron chi connectivity index (χ0n) is 13.2. The topological polar surface area (TPSA) is 14.1 Å². The average Bonchev–Trinajstić information content (AvgIpc) is 2.40. The molecule has 1 radical (unpaired) electrons. The fourth-order valence-electron chi connectivity index (χ4n) is 2.36. The van der Waals surface area contributed by atoms with E-state index >= 15 is 0 Å². The number of nitrogens with zero attached hydrogens (tertiary/aromatic N) is 1. The molecular formula is C16H29IrNP2. The van der Waals surface area contributed by atoms with E-state index in [2.05, 4.69) is 50.2 Å². The second-order valence-electron chi connectivity index (χ2n) is 5.83. The van der Waals surface area contributed by atoms with Crippen LogP contribution in [0.25, 0.3) is 5.32 Å². The Bertz CT molecular complexity index is 319. The van der Waals surface area contributed by atoms with E-state index in [0.29, 0.717) is 6.04 Å². The van der Waals surface area contributed by atoms with Gasteiger partial charge in [0.05, 0.1) is 0 Å². The van der Waals surface area contributed by atoms with Crippen molar-refractivity contribution in [3.8, 4) is 0 Å². The summed E-state index contributed by atoms with van der Waals surface area (Å²) < 4.78 is 0. The van der Waals surface area contributed by atoms with Gasteiger partial charge in [-0.25, -0.2) is 0 Å². The third-order valence-electron chi connectivity index (χ3n) is 3.03. The Morgan fingerprint density at radius 3 is 2.25 bits per heavy atom. The summed E-state index contributed by atoms with van der Waals surface area (Å²) in [6.45, 7) is 10.6. The van der Waals surface area contributed by atoms with Gasteiger partial charge in [0.2, 0.25) is 0 Å². The minimum absolute atomic E-state index is 0. The van der Waals surface area contributed by atoms with Crippen LogP contribution in [0.2, 0.25) is 0 Å². The summed E-state index contributed by atoms with van der Waals surface area (Å²) in [4.78, 5) is 0. The minimum atomic E-state index is 0. The van der Waals surface area contributed by atoms with Crippen molar-refractivity contribution < 1.29 is 20.1 Å². The second-order valence-corrected chi connectivity index (χ2v) is 12.1. The third kappa shape index (κ3) is 9.59. The Morgan fingerprint density at radius 1 is 1.15 bits per heavy atom. The SMILES string of the molecule is C[PH+](C)C[PH+](C)C.[Ir].[c-]1ccccc1C1CCCC[N-]1. The molecule has 1 fully saturated rings. The van der Waals surface area contributed by atoms with Gasteiger partial charge in [-0.2, -0.15) is 35.9 Å². The maximum Gasteiger partial charge on any atom is 0.154 e. The summed E-state index contributed by atoms with van der Waals surface area (Å²) in [7, 11) is 0.222. The summed E-state index contributed by atoms with van der Waals surface area (Å²) in [5, 5.41) is 4.57. The van der Waals surface area contributed by atoms with E-state index < -0.39 is 0 Å². The van der Waals surface area contributed by atoms with Crippen LogP contribution in [-0.2, 0) is 20.1 Å². The molecule has 117 valence electrons. The van der Waals surface area contributed by atoms with E-state index in [9.17, 15) is 0 Å². The molecule has 0 aliphatic carbocycles. The molecule has 1 aliphatic heterocycles. The first-order valence-corrected chi connectivity index (χ1v) is 12.7. The van der Waals surface area contributed by atoms with Gasteiger partial charge in [0.1, 0.15) is 0 Å². The molecule has 1 aromatic rings. The monoisotopic (exact) mass is 490 g/mol. The van der Waals surface area contributed by atoms with Crippen LogP contribution in [0.3, 0.4) is 0 Å². The molecule has 0 bridgehead atoms. The van der Waals surface area contributed by atoms with Gasteiger partial charge in [0, 0.05) is 62.6 Å². The Balaban J connectivity index is 0.000000396. The van der Waals surface area contributed by atoms with Crippen molar-refractivity contribution >= 4 is 15.8 Å². The number of benzene rings is 1. The number of rotatable bonds is 3. The number of hydrogen-bond donors (Lipinski definition) is 0. The van der Waals surface area contributed by atoms with Crippen LogP contribution in [0.15, 0.2) is 24.3 Å². The Morgan fingerprint density at radius 2 is 1.85 bits per heavy atom. The normalized spacial score (nSPS) is 18.2. The van der Waals surface area contributed by atoms with Crippen molar-refractivity contribution in [1.29, 1.82) is 0 Å². The summed E-state index contributed by atoms with van der Waals surface area (Å²) in [6, 6.07) is 11.8. The van der Waals surface area contributed by atoms with Gasteiger partial charge < -0.3 is 5.32 Å². The largest absolute Gasteiger partial charge is 0.657 e. The number of hydrogen-bond acceptors (Lipinski definition) is 0. The molecule has 1 atom stereocenters. The van der Waals surface area contributed by atoms with E-state index in [0.717, 1.165) is 6.54 Å². The minimum Gasteiger partial charge on any atom is -0.657 e. The van der Waals surface area contributed by atoms with Gasteiger partial charge in [0.25, 0.3) is 0 Å². The zero-order valence-corrected chi connectivity index (χ0v) is 17.6. The average molecular weight is 490 g/mol. The van der Waals surface area contributed by atoms with Crippen LogP contribution in [-0.4, -0.2) is 39.1 Å². The van der Waals surface area contributed by atoms with Gasteiger partial charge >= 0.3 is 0 Å². The zero-order chi connectivity index (χ0) is 14.1. The molecule has 4 heteroatoms. The molecule has 1 aromatic carbocycles. The molecular weight excluding hydrogens is 460 g/mol. The maximum absolute atomic E-state index is 4.57. The van der Waals surface area contributed by atoms with Gasteiger partial charge in [-0.15, -0.1) is 12.6 Å². The summed E-state index contributed by atoms with van der Waals surface area (Å²) in [5.74, 6) is 1.56. The predicted octanol–water partition coefficient (Wildman–Crippen LogP) is 4.97. The molecule has 0 amide bonds. The first-order chi connectivity index (χ1) is 9.09. The van der Waals surface area contributed by atoms with Crippen LogP contribution in [0, 0.1) is 6.07 Å². The third-order valence-corrected chi connectivity index (χ3v) is 8.69. The first-order valence-electron chi connectivity index (χ1n) is 7.31. The molecule has 20 heavy (non-hydrogen) atoms. The van der Waals surface area contributed by atoms with E-state index in [1.54, 1.807) is 5.90 Å². The molecule has 1 saturated heterocycles. The second kappa shape index (κ2) is 12.3. The molecule has 1 aliphatic rings. The van der Waals surface area contributed by atoms with Gasteiger partial charge in [-0.3, -0.25) is 0 Å². The van der Waals surface area contributed by atoms with Crippen molar-refractivity contribution in [3.63, 3.8) is 0 Å². The number of piperidine rings is 1. The van der Waals surface area contributed by atoms with Crippen LogP contribution in [0.4, 0.5) is 0 Å². The van der Waals surface area contributed by atoms with Crippen molar-refractivity contribution in [2.75, 3.05) is 39.1 Å². The fraction of sp³-hybridized carbons (Fsp3) is 0.625. The molecule has 1 heterocycles. The summed E-state index contributed by atoms with van der Waals surface area (Å²) in [6.07, 6.45) is 3.79.